The number of likely N-dealkylation sites (N-methyl/N-ethyl adjacent to an activating group) is 1. The Morgan fingerprint density at radius 2 is 2.00 bits per heavy atom. The number of carbonyl (C=O) groups excluding carboxylic acids is 1. The molecule has 1 aliphatic heterocycles. The number of hydrogen-bond acceptors (Lipinski definition) is 4. The number of rotatable bonds is 2. The minimum Gasteiger partial charge on any atom is -0.344 e. The Kier molecular flexibility index (Phi) is 3.27. The van der Waals surface area contributed by atoms with Crippen molar-refractivity contribution in [3.8, 4) is 10.4 Å². The molecule has 0 aliphatic carbocycles. The van der Waals surface area contributed by atoms with Gasteiger partial charge in [-0.05, 0) is 18.1 Å². The van der Waals surface area contributed by atoms with E-state index in [0.29, 0.717) is 23.2 Å². The minimum atomic E-state index is -0.424. The van der Waals surface area contributed by atoms with Gasteiger partial charge in [-0.2, -0.15) is 0 Å². The van der Waals surface area contributed by atoms with Crippen molar-refractivity contribution in [3.05, 3.63) is 53.1 Å². The zero-order chi connectivity index (χ0) is 16.0. The van der Waals surface area contributed by atoms with Crippen LogP contribution in [0.3, 0.4) is 0 Å². The quantitative estimate of drug-likeness (QED) is 0.727. The van der Waals surface area contributed by atoms with Crippen molar-refractivity contribution in [1.82, 2.24) is 14.5 Å². The van der Waals surface area contributed by atoms with Crippen LogP contribution in [-0.4, -0.2) is 34.0 Å². The number of hydrogen-bond donors (Lipinski definition) is 0. The number of fused-ring (bicyclic) bond motifs is 1. The third-order valence-corrected chi connectivity index (χ3v) is 5.42. The van der Waals surface area contributed by atoms with E-state index in [9.17, 15) is 9.59 Å². The molecular weight excluding hydrogens is 310 g/mol. The highest BCUT2D eigenvalue weighted by Crippen LogP contribution is 2.31. The zero-order valence-electron chi connectivity index (χ0n) is 12.6. The summed E-state index contributed by atoms with van der Waals surface area (Å²) < 4.78 is 2.09. The van der Waals surface area contributed by atoms with E-state index in [-0.39, 0.29) is 11.5 Å². The lowest BCUT2D eigenvalue weighted by Gasteiger charge is -2.12. The predicted octanol–water partition coefficient (Wildman–Crippen LogP) is 2.53. The van der Waals surface area contributed by atoms with E-state index in [2.05, 4.69) is 4.98 Å². The number of carbonyl (C=O) groups is 1. The molecule has 1 saturated heterocycles. The van der Waals surface area contributed by atoms with E-state index >= 15 is 0 Å². The molecule has 1 amide bonds. The number of benzene rings is 1. The molecule has 1 atom stereocenters. The lowest BCUT2D eigenvalue weighted by Crippen LogP contribution is -2.30. The number of likely N-dealkylation sites (tertiary alicyclic amines) is 1. The second-order valence-corrected chi connectivity index (χ2v) is 6.76. The van der Waals surface area contributed by atoms with Crippen molar-refractivity contribution in [2.75, 3.05) is 13.6 Å². The van der Waals surface area contributed by atoms with Crippen LogP contribution in [0.5, 0.6) is 0 Å². The van der Waals surface area contributed by atoms with Crippen molar-refractivity contribution >= 4 is 27.5 Å². The van der Waals surface area contributed by atoms with Gasteiger partial charge < -0.3 is 4.90 Å². The summed E-state index contributed by atoms with van der Waals surface area (Å²) in [6.07, 6.45) is 2.16. The molecule has 0 bridgehead atoms. The van der Waals surface area contributed by atoms with Crippen LogP contribution in [0.1, 0.15) is 12.5 Å². The molecule has 0 radical (unpaired) electrons. The summed E-state index contributed by atoms with van der Waals surface area (Å²) in [5.74, 6) is -0.0203. The molecule has 1 aromatic carbocycles. The summed E-state index contributed by atoms with van der Waals surface area (Å²) in [4.78, 5) is 32.0. The maximum absolute atomic E-state index is 12.8. The van der Waals surface area contributed by atoms with Crippen LogP contribution in [0.4, 0.5) is 0 Å². The highest BCUT2D eigenvalue weighted by atomic mass is 32.1. The molecule has 5 nitrogen and oxygen atoms in total. The summed E-state index contributed by atoms with van der Waals surface area (Å²) in [7, 11) is 1.76. The van der Waals surface area contributed by atoms with E-state index in [1.807, 2.05) is 36.4 Å². The SMILES string of the molecule is CN1CC[C@@H](n2cnc3cc(-c4ccccc4)sc3c2=O)C1=O. The van der Waals surface area contributed by atoms with Crippen LogP contribution in [0, 0.1) is 0 Å². The van der Waals surface area contributed by atoms with E-state index in [1.54, 1.807) is 11.9 Å². The predicted molar refractivity (Wildman–Crippen MR) is 90.6 cm³/mol. The summed E-state index contributed by atoms with van der Waals surface area (Å²) in [5.41, 5.74) is 1.63. The zero-order valence-corrected chi connectivity index (χ0v) is 13.4. The fourth-order valence-corrected chi connectivity index (χ4v) is 4.01. The van der Waals surface area contributed by atoms with Gasteiger partial charge in [0.25, 0.3) is 5.56 Å². The van der Waals surface area contributed by atoms with Crippen molar-refractivity contribution in [3.63, 3.8) is 0 Å². The summed E-state index contributed by atoms with van der Waals surface area (Å²) in [5, 5.41) is 0. The number of thiophene rings is 1. The van der Waals surface area contributed by atoms with Crippen molar-refractivity contribution < 1.29 is 4.79 Å². The van der Waals surface area contributed by atoms with Crippen LogP contribution in [-0.2, 0) is 4.79 Å². The molecule has 2 aromatic heterocycles. The van der Waals surface area contributed by atoms with Crippen LogP contribution in [0.15, 0.2) is 47.5 Å². The molecule has 0 spiro atoms. The smallest absolute Gasteiger partial charge is 0.272 e. The van der Waals surface area contributed by atoms with Gasteiger partial charge in [0, 0.05) is 18.5 Å². The first-order valence-electron chi connectivity index (χ1n) is 7.46. The highest BCUT2D eigenvalue weighted by Gasteiger charge is 2.31. The molecule has 6 heteroatoms. The van der Waals surface area contributed by atoms with Crippen molar-refractivity contribution in [2.24, 2.45) is 0 Å². The average Bonchev–Trinajstić information content (AvgIpc) is 3.15. The van der Waals surface area contributed by atoms with E-state index in [4.69, 9.17) is 0 Å². The van der Waals surface area contributed by atoms with Gasteiger partial charge in [-0.25, -0.2) is 4.98 Å². The highest BCUT2D eigenvalue weighted by molar-refractivity contribution is 7.22. The molecule has 0 saturated carbocycles. The van der Waals surface area contributed by atoms with Gasteiger partial charge in [0.05, 0.1) is 11.8 Å². The molecule has 0 N–H and O–H groups in total. The van der Waals surface area contributed by atoms with Gasteiger partial charge in [-0.3, -0.25) is 14.2 Å². The van der Waals surface area contributed by atoms with E-state index < -0.39 is 6.04 Å². The Labute approximate surface area is 136 Å². The number of amides is 1. The van der Waals surface area contributed by atoms with E-state index in [1.165, 1.54) is 22.2 Å². The van der Waals surface area contributed by atoms with Gasteiger partial charge in [0.2, 0.25) is 5.91 Å². The standard InChI is InChI=1S/C17H15N3O2S/c1-19-8-7-13(16(19)21)20-10-18-12-9-14(23-15(12)17(20)22)11-5-3-2-4-6-11/h2-6,9-10,13H,7-8H2,1H3/t13-/m1/s1. The van der Waals surface area contributed by atoms with Crippen molar-refractivity contribution in [1.29, 1.82) is 0 Å². The fraction of sp³-hybridized carbons (Fsp3) is 0.235. The molecule has 3 aromatic rings. The largest absolute Gasteiger partial charge is 0.344 e. The summed E-state index contributed by atoms with van der Waals surface area (Å²) >= 11 is 1.43. The van der Waals surface area contributed by atoms with Gasteiger partial charge in [0.1, 0.15) is 10.7 Å². The third kappa shape index (κ3) is 2.26. The number of aromatic nitrogens is 2. The molecule has 23 heavy (non-hydrogen) atoms. The Morgan fingerprint density at radius 1 is 1.22 bits per heavy atom. The average molecular weight is 325 g/mol. The van der Waals surface area contributed by atoms with Gasteiger partial charge in [-0.1, -0.05) is 30.3 Å². The van der Waals surface area contributed by atoms with Crippen LogP contribution in [0.25, 0.3) is 20.7 Å². The second kappa shape index (κ2) is 5.31. The van der Waals surface area contributed by atoms with E-state index in [0.717, 1.165) is 10.4 Å². The second-order valence-electron chi connectivity index (χ2n) is 5.71. The van der Waals surface area contributed by atoms with Gasteiger partial charge >= 0.3 is 0 Å². The lowest BCUT2D eigenvalue weighted by atomic mass is 10.2. The van der Waals surface area contributed by atoms with Crippen LogP contribution < -0.4 is 5.56 Å². The van der Waals surface area contributed by atoms with Crippen LogP contribution >= 0.6 is 11.3 Å². The van der Waals surface area contributed by atoms with Crippen LogP contribution in [0.2, 0.25) is 0 Å². The van der Waals surface area contributed by atoms with Gasteiger partial charge in [-0.15, -0.1) is 11.3 Å². The Bertz CT molecular complexity index is 945. The Balaban J connectivity index is 1.83. The maximum Gasteiger partial charge on any atom is 0.272 e. The summed E-state index contributed by atoms with van der Waals surface area (Å²) in [6.45, 7) is 0.674. The molecule has 1 fully saturated rings. The summed E-state index contributed by atoms with van der Waals surface area (Å²) in [6, 6.07) is 11.4. The lowest BCUT2D eigenvalue weighted by molar-refractivity contribution is -0.129. The Hall–Kier alpha value is -2.47. The van der Waals surface area contributed by atoms with Crippen molar-refractivity contribution in [2.45, 2.75) is 12.5 Å². The molecule has 4 rings (SSSR count). The molecule has 116 valence electrons. The maximum atomic E-state index is 12.8. The first-order chi connectivity index (χ1) is 11.1. The topological polar surface area (TPSA) is 55.2 Å². The Morgan fingerprint density at radius 3 is 2.70 bits per heavy atom. The monoisotopic (exact) mass is 325 g/mol. The first-order valence-corrected chi connectivity index (χ1v) is 8.28. The number of nitrogens with zero attached hydrogens (tertiary/aromatic N) is 3. The minimum absolute atomic E-state index is 0.0203. The third-order valence-electron chi connectivity index (χ3n) is 4.26. The molecular formula is C17H15N3O2S. The molecule has 0 unspecified atom stereocenters. The fourth-order valence-electron chi connectivity index (χ4n) is 2.95. The molecule has 1 aliphatic rings. The van der Waals surface area contributed by atoms with Gasteiger partial charge in [0.15, 0.2) is 0 Å². The normalized spacial score (nSPS) is 18.0. The molecule has 3 heterocycles. The first kappa shape index (κ1) is 14.1.